The summed E-state index contributed by atoms with van der Waals surface area (Å²) in [7, 11) is 0. The van der Waals surface area contributed by atoms with Crippen LogP contribution in [0.25, 0.3) is 0 Å². The molecule has 1 amide bonds. The molecule has 0 unspecified atom stereocenters. The largest absolute Gasteiger partial charge is 0.449 e. The Hall–Kier alpha value is -2.95. The van der Waals surface area contributed by atoms with E-state index in [1.807, 2.05) is 6.07 Å². The van der Waals surface area contributed by atoms with Gasteiger partial charge in [-0.1, -0.05) is 42.5 Å². The number of carbonyl (C=O) groups is 3. The first-order chi connectivity index (χ1) is 12.0. The lowest BCUT2D eigenvalue weighted by molar-refractivity contribution is -0.129. The summed E-state index contributed by atoms with van der Waals surface area (Å²) in [6.07, 6.45) is 1.10. The first kappa shape index (κ1) is 16.9. The van der Waals surface area contributed by atoms with Crippen molar-refractivity contribution in [1.29, 1.82) is 0 Å². The Morgan fingerprint density at radius 1 is 0.920 bits per heavy atom. The van der Waals surface area contributed by atoms with Crippen molar-refractivity contribution in [2.24, 2.45) is 0 Å². The van der Waals surface area contributed by atoms with Crippen molar-refractivity contribution in [3.63, 3.8) is 0 Å². The van der Waals surface area contributed by atoms with Crippen molar-refractivity contribution in [3.8, 4) is 0 Å². The maximum Gasteiger partial charge on any atom is 0.338 e. The molecule has 0 radical (unpaired) electrons. The number of rotatable bonds is 6. The molecule has 0 saturated heterocycles. The minimum Gasteiger partial charge on any atom is -0.449 e. The normalized spacial score (nSPS) is 14.4. The third kappa shape index (κ3) is 4.32. The van der Waals surface area contributed by atoms with Crippen LogP contribution in [0.1, 0.15) is 46.0 Å². The Bertz CT molecular complexity index is 779. The summed E-state index contributed by atoms with van der Waals surface area (Å²) < 4.78 is 5.18. The van der Waals surface area contributed by atoms with Gasteiger partial charge in [-0.2, -0.15) is 0 Å². The third-order valence-corrected chi connectivity index (χ3v) is 4.00. The van der Waals surface area contributed by atoms with Crippen LogP contribution in [0.2, 0.25) is 0 Å². The maximum absolute atomic E-state index is 12.3. The zero-order valence-electron chi connectivity index (χ0n) is 13.9. The highest BCUT2D eigenvalue weighted by molar-refractivity contribution is 6.09. The number of ether oxygens (including phenoxy) is 1. The van der Waals surface area contributed by atoms with Gasteiger partial charge in [-0.05, 0) is 31.9 Å². The van der Waals surface area contributed by atoms with E-state index in [0.29, 0.717) is 16.7 Å². The molecule has 1 aliphatic rings. The lowest BCUT2D eigenvalue weighted by Gasteiger charge is -2.13. The molecular weight excluding hydrogens is 318 g/mol. The second-order valence-corrected chi connectivity index (χ2v) is 6.10. The Kier molecular flexibility index (Phi) is 4.93. The molecule has 2 aromatic rings. The molecule has 0 spiro atoms. The lowest BCUT2D eigenvalue weighted by atomic mass is 10.0. The molecule has 2 aromatic carbocycles. The van der Waals surface area contributed by atoms with Crippen molar-refractivity contribution < 1.29 is 19.1 Å². The van der Waals surface area contributed by atoms with Crippen molar-refractivity contribution in [1.82, 2.24) is 5.32 Å². The SMILES string of the molecule is C[C@@H](OC(=O)c1ccc(C(=O)c2ccccc2)cc1)C(=O)NC1CC1. The number of hydrogen-bond acceptors (Lipinski definition) is 4. The minimum atomic E-state index is -0.848. The van der Waals surface area contributed by atoms with Crippen LogP contribution in [0.3, 0.4) is 0 Å². The van der Waals surface area contributed by atoms with Crippen LogP contribution < -0.4 is 5.32 Å². The predicted molar refractivity (Wildman–Crippen MR) is 92.4 cm³/mol. The fraction of sp³-hybridized carbons (Fsp3) is 0.250. The molecule has 1 aliphatic carbocycles. The van der Waals surface area contributed by atoms with Crippen molar-refractivity contribution in [2.75, 3.05) is 0 Å². The minimum absolute atomic E-state index is 0.113. The van der Waals surface area contributed by atoms with Crippen LogP contribution in [-0.4, -0.2) is 29.8 Å². The van der Waals surface area contributed by atoms with Gasteiger partial charge in [-0.15, -0.1) is 0 Å². The van der Waals surface area contributed by atoms with Crippen LogP contribution >= 0.6 is 0 Å². The molecule has 0 heterocycles. The summed E-state index contributed by atoms with van der Waals surface area (Å²) >= 11 is 0. The summed E-state index contributed by atoms with van der Waals surface area (Å²) in [5.74, 6) is -0.985. The van der Waals surface area contributed by atoms with Crippen molar-refractivity contribution in [3.05, 3.63) is 71.3 Å². The smallest absolute Gasteiger partial charge is 0.338 e. The van der Waals surface area contributed by atoms with E-state index in [1.54, 1.807) is 43.3 Å². The molecule has 0 bridgehead atoms. The number of esters is 1. The molecule has 1 saturated carbocycles. The van der Waals surface area contributed by atoms with Gasteiger partial charge in [-0.3, -0.25) is 9.59 Å². The topological polar surface area (TPSA) is 72.5 Å². The second kappa shape index (κ2) is 7.30. The molecule has 5 heteroatoms. The molecule has 0 aliphatic heterocycles. The molecule has 25 heavy (non-hydrogen) atoms. The Morgan fingerprint density at radius 2 is 1.48 bits per heavy atom. The Morgan fingerprint density at radius 3 is 2.08 bits per heavy atom. The highest BCUT2D eigenvalue weighted by Gasteiger charge is 2.27. The lowest BCUT2D eigenvalue weighted by Crippen LogP contribution is -2.37. The van der Waals surface area contributed by atoms with E-state index in [-0.39, 0.29) is 17.7 Å². The summed E-state index contributed by atoms with van der Waals surface area (Å²) in [5, 5.41) is 2.79. The van der Waals surface area contributed by atoms with Gasteiger partial charge in [0.2, 0.25) is 0 Å². The summed E-state index contributed by atoms with van der Waals surface area (Å²) in [4.78, 5) is 36.3. The van der Waals surface area contributed by atoms with Gasteiger partial charge in [0.25, 0.3) is 5.91 Å². The Labute approximate surface area is 146 Å². The monoisotopic (exact) mass is 337 g/mol. The average Bonchev–Trinajstić information content (AvgIpc) is 3.45. The Balaban J connectivity index is 1.62. The molecule has 5 nitrogen and oxygen atoms in total. The quantitative estimate of drug-likeness (QED) is 0.650. The van der Waals surface area contributed by atoms with Gasteiger partial charge >= 0.3 is 5.97 Å². The maximum atomic E-state index is 12.3. The number of nitrogens with one attached hydrogen (secondary N) is 1. The molecule has 3 rings (SSSR count). The van der Waals surface area contributed by atoms with Gasteiger partial charge in [0.1, 0.15) is 0 Å². The van der Waals surface area contributed by atoms with Crippen LogP contribution in [-0.2, 0) is 9.53 Å². The molecule has 1 fully saturated rings. The van der Waals surface area contributed by atoms with Gasteiger partial charge in [0.05, 0.1) is 5.56 Å². The standard InChI is InChI=1S/C20H19NO4/c1-13(19(23)21-17-11-12-17)25-20(24)16-9-7-15(8-10-16)18(22)14-5-3-2-4-6-14/h2-10,13,17H,11-12H2,1H3,(H,21,23)/t13-/m1/s1. The summed E-state index contributed by atoms with van der Waals surface area (Å²) in [6, 6.07) is 15.4. The van der Waals surface area contributed by atoms with E-state index in [1.165, 1.54) is 12.1 Å². The molecule has 0 aromatic heterocycles. The van der Waals surface area contributed by atoms with E-state index in [4.69, 9.17) is 4.74 Å². The number of benzene rings is 2. The number of hydrogen-bond donors (Lipinski definition) is 1. The van der Waals surface area contributed by atoms with E-state index in [9.17, 15) is 14.4 Å². The highest BCUT2D eigenvalue weighted by Crippen LogP contribution is 2.19. The molecular formula is C20H19NO4. The first-order valence-corrected chi connectivity index (χ1v) is 8.26. The van der Waals surface area contributed by atoms with Crippen LogP contribution in [0.4, 0.5) is 0 Å². The zero-order chi connectivity index (χ0) is 17.8. The van der Waals surface area contributed by atoms with E-state index in [2.05, 4.69) is 5.32 Å². The van der Waals surface area contributed by atoms with Crippen molar-refractivity contribution in [2.45, 2.75) is 31.9 Å². The number of carbonyl (C=O) groups excluding carboxylic acids is 3. The van der Waals surface area contributed by atoms with E-state index < -0.39 is 12.1 Å². The van der Waals surface area contributed by atoms with Gasteiger partial charge in [-0.25, -0.2) is 4.79 Å². The van der Waals surface area contributed by atoms with Crippen LogP contribution in [0.15, 0.2) is 54.6 Å². The third-order valence-electron chi connectivity index (χ3n) is 4.00. The average molecular weight is 337 g/mol. The fourth-order valence-electron chi connectivity index (χ4n) is 2.34. The molecule has 128 valence electrons. The van der Waals surface area contributed by atoms with Gasteiger partial charge < -0.3 is 10.1 Å². The summed E-state index contributed by atoms with van der Waals surface area (Å²) in [6.45, 7) is 1.54. The molecule has 1 N–H and O–H groups in total. The first-order valence-electron chi connectivity index (χ1n) is 8.26. The van der Waals surface area contributed by atoms with E-state index >= 15 is 0 Å². The molecule has 1 atom stereocenters. The fourth-order valence-corrected chi connectivity index (χ4v) is 2.34. The van der Waals surface area contributed by atoms with Crippen molar-refractivity contribution >= 4 is 17.7 Å². The zero-order valence-corrected chi connectivity index (χ0v) is 13.9. The second-order valence-electron chi connectivity index (χ2n) is 6.10. The van der Waals surface area contributed by atoms with Gasteiger partial charge in [0.15, 0.2) is 11.9 Å². The number of amides is 1. The van der Waals surface area contributed by atoms with Crippen LogP contribution in [0, 0.1) is 0 Å². The number of ketones is 1. The van der Waals surface area contributed by atoms with Gasteiger partial charge in [0, 0.05) is 17.2 Å². The van der Waals surface area contributed by atoms with E-state index in [0.717, 1.165) is 12.8 Å². The summed E-state index contributed by atoms with van der Waals surface area (Å²) in [5.41, 5.74) is 1.38. The van der Waals surface area contributed by atoms with Crippen LogP contribution in [0.5, 0.6) is 0 Å². The predicted octanol–water partition coefficient (Wildman–Crippen LogP) is 2.74. The highest BCUT2D eigenvalue weighted by atomic mass is 16.5.